The summed E-state index contributed by atoms with van der Waals surface area (Å²) in [6.45, 7) is 0. The minimum atomic E-state index is 0.605. The van der Waals surface area contributed by atoms with Crippen molar-refractivity contribution in [2.24, 2.45) is 0 Å². The topological polar surface area (TPSA) is 30.7 Å². The molecule has 5 heteroatoms. The van der Waals surface area contributed by atoms with Gasteiger partial charge in [0.05, 0.1) is 11.1 Å². The summed E-state index contributed by atoms with van der Waals surface area (Å²) in [6.07, 6.45) is 6.32. The third-order valence-electron chi connectivity index (χ3n) is 4.01. The van der Waals surface area contributed by atoms with E-state index in [1.54, 1.807) is 4.68 Å². The van der Waals surface area contributed by atoms with E-state index in [1.165, 1.54) is 24.1 Å². The third kappa shape index (κ3) is 2.12. The van der Waals surface area contributed by atoms with Crippen molar-refractivity contribution in [2.75, 3.05) is 0 Å². The Balaban J connectivity index is 1.95. The molecule has 0 spiro atoms. The molecule has 2 aromatic heterocycles. The lowest BCUT2D eigenvalue weighted by molar-refractivity contribution is 0.671. The summed E-state index contributed by atoms with van der Waals surface area (Å²) >= 11 is 12.4. The molecule has 4 rings (SSSR count). The highest BCUT2D eigenvalue weighted by Gasteiger charge is 2.19. The predicted molar refractivity (Wildman–Crippen MR) is 85.5 cm³/mol. The van der Waals surface area contributed by atoms with Gasteiger partial charge in [-0.1, -0.05) is 23.2 Å². The molecule has 0 unspecified atom stereocenters. The monoisotopic (exact) mass is 317 g/mol. The average Bonchev–Trinajstić information content (AvgIpc) is 2.86. The molecule has 0 atom stereocenters. The highest BCUT2D eigenvalue weighted by Crippen LogP contribution is 2.32. The number of halogens is 2. The van der Waals surface area contributed by atoms with Crippen LogP contribution in [-0.2, 0) is 12.8 Å². The maximum absolute atomic E-state index is 6.50. The van der Waals surface area contributed by atoms with E-state index in [0.717, 1.165) is 29.4 Å². The molecule has 0 radical (unpaired) electrons. The first-order valence-electron chi connectivity index (χ1n) is 7.05. The van der Waals surface area contributed by atoms with Gasteiger partial charge in [-0.05, 0) is 49.9 Å². The minimum Gasteiger partial charge on any atom is -0.260 e. The zero-order valence-corrected chi connectivity index (χ0v) is 12.8. The summed E-state index contributed by atoms with van der Waals surface area (Å²) in [6, 6.07) is 7.51. The molecular weight excluding hydrogens is 305 g/mol. The van der Waals surface area contributed by atoms with Crippen LogP contribution in [0.2, 0.25) is 10.2 Å². The molecule has 21 heavy (non-hydrogen) atoms. The van der Waals surface area contributed by atoms with Gasteiger partial charge in [-0.25, -0.2) is 4.68 Å². The molecule has 0 amide bonds. The fourth-order valence-electron chi connectivity index (χ4n) is 2.93. The normalized spacial score (nSPS) is 14.4. The van der Waals surface area contributed by atoms with Crippen LogP contribution in [0, 0.1) is 0 Å². The van der Waals surface area contributed by atoms with Gasteiger partial charge in [-0.15, -0.1) is 0 Å². The standard InChI is InChI=1S/C16H13Cl2N3/c17-10-5-7-11(8-6-10)21-16(18)13-9-19-14-4-2-1-3-12(14)15(13)20-21/h5-9H,1-4H2. The lowest BCUT2D eigenvalue weighted by Crippen LogP contribution is -2.05. The Morgan fingerprint density at radius 2 is 1.76 bits per heavy atom. The van der Waals surface area contributed by atoms with E-state index in [9.17, 15) is 0 Å². The Bertz CT molecular complexity index is 822. The summed E-state index contributed by atoms with van der Waals surface area (Å²) < 4.78 is 1.76. The molecule has 3 aromatic rings. The summed E-state index contributed by atoms with van der Waals surface area (Å²) in [5.74, 6) is 0. The van der Waals surface area contributed by atoms with Crippen LogP contribution in [0.1, 0.15) is 24.1 Å². The van der Waals surface area contributed by atoms with Crippen molar-refractivity contribution < 1.29 is 0 Å². The molecule has 0 fully saturated rings. The zero-order chi connectivity index (χ0) is 14.4. The van der Waals surface area contributed by atoms with E-state index >= 15 is 0 Å². The van der Waals surface area contributed by atoms with Crippen LogP contribution in [0.25, 0.3) is 16.6 Å². The van der Waals surface area contributed by atoms with Crippen LogP contribution < -0.4 is 0 Å². The maximum atomic E-state index is 6.50. The Kier molecular flexibility index (Phi) is 3.12. The molecular formula is C16H13Cl2N3. The molecule has 3 nitrogen and oxygen atoms in total. The second-order valence-electron chi connectivity index (χ2n) is 5.33. The number of rotatable bonds is 1. The smallest absolute Gasteiger partial charge is 0.142 e. The van der Waals surface area contributed by atoms with E-state index in [2.05, 4.69) is 4.98 Å². The lowest BCUT2D eigenvalue weighted by Gasteiger charge is -2.13. The van der Waals surface area contributed by atoms with Crippen molar-refractivity contribution in [3.8, 4) is 5.69 Å². The number of hydrogen-bond donors (Lipinski definition) is 0. The summed E-state index contributed by atoms with van der Waals surface area (Å²) in [5.41, 5.74) is 4.32. The molecule has 0 aliphatic heterocycles. The first kappa shape index (κ1) is 13.1. The van der Waals surface area contributed by atoms with Gasteiger partial charge in [-0.2, -0.15) is 5.10 Å². The van der Waals surface area contributed by atoms with E-state index in [-0.39, 0.29) is 0 Å². The van der Waals surface area contributed by atoms with Gasteiger partial charge >= 0.3 is 0 Å². The second kappa shape index (κ2) is 5.00. The fourth-order valence-corrected chi connectivity index (χ4v) is 3.33. The number of pyridine rings is 1. The van der Waals surface area contributed by atoms with E-state index in [0.29, 0.717) is 10.2 Å². The van der Waals surface area contributed by atoms with Gasteiger partial charge in [0.1, 0.15) is 10.7 Å². The molecule has 0 N–H and O–H groups in total. The average molecular weight is 318 g/mol. The Hall–Kier alpha value is -1.58. The van der Waals surface area contributed by atoms with Crippen molar-refractivity contribution >= 4 is 34.1 Å². The van der Waals surface area contributed by atoms with Gasteiger partial charge < -0.3 is 0 Å². The number of hydrogen-bond acceptors (Lipinski definition) is 2. The first-order valence-corrected chi connectivity index (χ1v) is 7.80. The van der Waals surface area contributed by atoms with Gasteiger partial charge in [0.2, 0.25) is 0 Å². The van der Waals surface area contributed by atoms with Gasteiger partial charge in [0, 0.05) is 22.5 Å². The van der Waals surface area contributed by atoms with Crippen molar-refractivity contribution in [1.82, 2.24) is 14.8 Å². The molecule has 1 aliphatic rings. The number of nitrogens with zero attached hydrogens (tertiary/aromatic N) is 3. The van der Waals surface area contributed by atoms with E-state index < -0.39 is 0 Å². The lowest BCUT2D eigenvalue weighted by atomic mass is 9.95. The summed E-state index contributed by atoms with van der Waals surface area (Å²) in [4.78, 5) is 4.57. The van der Waals surface area contributed by atoms with Crippen molar-refractivity contribution in [1.29, 1.82) is 0 Å². The van der Waals surface area contributed by atoms with Crippen LogP contribution in [0.3, 0.4) is 0 Å². The van der Waals surface area contributed by atoms with Gasteiger partial charge in [0.25, 0.3) is 0 Å². The van der Waals surface area contributed by atoms with Crippen LogP contribution in [0.4, 0.5) is 0 Å². The zero-order valence-electron chi connectivity index (χ0n) is 11.3. The maximum Gasteiger partial charge on any atom is 0.142 e. The van der Waals surface area contributed by atoms with E-state index in [1.807, 2.05) is 30.5 Å². The van der Waals surface area contributed by atoms with Crippen molar-refractivity contribution in [3.05, 3.63) is 51.9 Å². The first-order chi connectivity index (χ1) is 10.2. The molecule has 0 saturated carbocycles. The summed E-state index contributed by atoms with van der Waals surface area (Å²) in [7, 11) is 0. The molecule has 0 bridgehead atoms. The molecule has 0 saturated heterocycles. The summed E-state index contributed by atoms with van der Waals surface area (Å²) in [5, 5.41) is 6.95. The predicted octanol–water partition coefficient (Wildman–Crippen LogP) is 4.61. The highest BCUT2D eigenvalue weighted by atomic mass is 35.5. The Morgan fingerprint density at radius 1 is 1.00 bits per heavy atom. The second-order valence-corrected chi connectivity index (χ2v) is 6.13. The third-order valence-corrected chi connectivity index (χ3v) is 4.62. The van der Waals surface area contributed by atoms with Gasteiger partial charge in [0.15, 0.2) is 0 Å². The van der Waals surface area contributed by atoms with Crippen LogP contribution in [0.5, 0.6) is 0 Å². The Labute approximate surface area is 132 Å². The van der Waals surface area contributed by atoms with Crippen LogP contribution >= 0.6 is 23.2 Å². The molecule has 1 aromatic carbocycles. The van der Waals surface area contributed by atoms with Crippen molar-refractivity contribution in [3.63, 3.8) is 0 Å². The Morgan fingerprint density at radius 3 is 2.57 bits per heavy atom. The molecule has 1 aliphatic carbocycles. The largest absolute Gasteiger partial charge is 0.260 e. The highest BCUT2D eigenvalue weighted by molar-refractivity contribution is 6.34. The van der Waals surface area contributed by atoms with Crippen molar-refractivity contribution in [2.45, 2.75) is 25.7 Å². The molecule has 106 valence electrons. The number of fused-ring (bicyclic) bond motifs is 3. The number of aromatic nitrogens is 3. The molecule has 2 heterocycles. The SMILES string of the molecule is Clc1ccc(-n2nc3c4c(ncc3c2Cl)CCCC4)cc1. The minimum absolute atomic E-state index is 0.605. The number of benzene rings is 1. The van der Waals surface area contributed by atoms with Gasteiger partial charge in [-0.3, -0.25) is 4.98 Å². The van der Waals surface area contributed by atoms with E-state index in [4.69, 9.17) is 28.3 Å². The quantitative estimate of drug-likeness (QED) is 0.656. The fraction of sp³-hybridized carbons (Fsp3) is 0.250. The van der Waals surface area contributed by atoms with Crippen LogP contribution in [-0.4, -0.2) is 14.8 Å². The number of aryl methyl sites for hydroxylation is 2. The van der Waals surface area contributed by atoms with Crippen LogP contribution in [0.15, 0.2) is 30.5 Å².